The summed E-state index contributed by atoms with van der Waals surface area (Å²) in [6.45, 7) is 2.65. The molecule has 0 aliphatic carbocycles. The number of aromatic nitrogens is 2. The highest BCUT2D eigenvalue weighted by Gasteiger charge is 2.33. The standard InChI is InChI=1S/C14H12F4N2O2/c1-7-4-11(10(15)6-9(7)14(16,17)18)20-12(21)5-8(2)19(3)13(20)22/h4-6H,1-3H3. The number of halogens is 4. The van der Waals surface area contributed by atoms with Crippen molar-refractivity contribution in [2.24, 2.45) is 7.05 Å². The molecular weight excluding hydrogens is 304 g/mol. The highest BCUT2D eigenvalue weighted by Crippen LogP contribution is 2.33. The fraction of sp³-hybridized carbons (Fsp3) is 0.286. The van der Waals surface area contributed by atoms with Crippen molar-refractivity contribution in [1.82, 2.24) is 9.13 Å². The number of aryl methyl sites for hydroxylation is 2. The van der Waals surface area contributed by atoms with Crippen LogP contribution in [-0.2, 0) is 13.2 Å². The topological polar surface area (TPSA) is 44.0 Å². The second-order valence-electron chi connectivity index (χ2n) is 4.92. The molecule has 0 bridgehead atoms. The maximum atomic E-state index is 14.0. The van der Waals surface area contributed by atoms with E-state index in [4.69, 9.17) is 0 Å². The van der Waals surface area contributed by atoms with Gasteiger partial charge in [0, 0.05) is 18.8 Å². The number of hydrogen-bond acceptors (Lipinski definition) is 2. The van der Waals surface area contributed by atoms with Crippen LogP contribution < -0.4 is 11.2 Å². The van der Waals surface area contributed by atoms with Gasteiger partial charge in [-0.25, -0.2) is 13.8 Å². The van der Waals surface area contributed by atoms with Gasteiger partial charge in [-0.1, -0.05) is 0 Å². The highest BCUT2D eigenvalue weighted by atomic mass is 19.4. The van der Waals surface area contributed by atoms with E-state index in [1.54, 1.807) is 0 Å². The van der Waals surface area contributed by atoms with Gasteiger partial charge in [0.05, 0.1) is 11.3 Å². The maximum Gasteiger partial charge on any atom is 0.416 e. The Balaban J connectivity index is 2.82. The Hall–Kier alpha value is -2.38. The van der Waals surface area contributed by atoms with E-state index in [1.165, 1.54) is 14.0 Å². The van der Waals surface area contributed by atoms with Crippen molar-refractivity contribution in [3.63, 3.8) is 0 Å². The van der Waals surface area contributed by atoms with Gasteiger partial charge in [-0.05, 0) is 31.5 Å². The first-order valence-electron chi connectivity index (χ1n) is 6.21. The third-order valence-corrected chi connectivity index (χ3v) is 3.40. The SMILES string of the molecule is Cc1cc(-n2c(=O)cc(C)n(C)c2=O)c(F)cc1C(F)(F)F. The fourth-order valence-electron chi connectivity index (χ4n) is 2.10. The van der Waals surface area contributed by atoms with Gasteiger partial charge in [-0.3, -0.25) is 4.79 Å². The second kappa shape index (κ2) is 5.11. The van der Waals surface area contributed by atoms with Crippen LogP contribution in [0.5, 0.6) is 0 Å². The Morgan fingerprint density at radius 1 is 1.05 bits per heavy atom. The Morgan fingerprint density at radius 2 is 1.64 bits per heavy atom. The van der Waals surface area contributed by atoms with Gasteiger partial charge in [-0.2, -0.15) is 13.2 Å². The van der Waals surface area contributed by atoms with Gasteiger partial charge in [0.25, 0.3) is 5.56 Å². The van der Waals surface area contributed by atoms with Crippen molar-refractivity contribution in [2.45, 2.75) is 20.0 Å². The van der Waals surface area contributed by atoms with Gasteiger partial charge < -0.3 is 4.57 Å². The molecule has 0 atom stereocenters. The minimum Gasteiger partial charge on any atom is -0.301 e. The predicted molar refractivity (Wildman–Crippen MR) is 71.7 cm³/mol. The first-order valence-corrected chi connectivity index (χ1v) is 6.21. The number of nitrogens with zero attached hydrogens (tertiary/aromatic N) is 2. The van der Waals surface area contributed by atoms with Gasteiger partial charge in [0.1, 0.15) is 5.82 Å². The Morgan fingerprint density at radius 3 is 2.18 bits per heavy atom. The Bertz CT molecular complexity index is 863. The average Bonchev–Trinajstić information content (AvgIpc) is 2.38. The van der Waals surface area contributed by atoms with Crippen LogP contribution in [0, 0.1) is 19.7 Å². The Labute approximate surface area is 122 Å². The quantitative estimate of drug-likeness (QED) is 0.758. The molecule has 0 radical (unpaired) electrons. The van der Waals surface area contributed by atoms with Crippen molar-refractivity contribution in [3.8, 4) is 5.69 Å². The van der Waals surface area contributed by atoms with Gasteiger partial charge in [-0.15, -0.1) is 0 Å². The second-order valence-corrected chi connectivity index (χ2v) is 4.92. The zero-order chi connectivity index (χ0) is 16.8. The van der Waals surface area contributed by atoms with Crippen molar-refractivity contribution in [1.29, 1.82) is 0 Å². The molecule has 0 N–H and O–H groups in total. The summed E-state index contributed by atoms with van der Waals surface area (Å²) in [6, 6.07) is 2.24. The normalized spacial score (nSPS) is 11.8. The van der Waals surface area contributed by atoms with E-state index in [2.05, 4.69) is 0 Å². The summed E-state index contributed by atoms with van der Waals surface area (Å²) in [6.07, 6.45) is -4.72. The molecule has 2 rings (SSSR count). The van der Waals surface area contributed by atoms with Crippen molar-refractivity contribution in [2.75, 3.05) is 0 Å². The summed E-state index contributed by atoms with van der Waals surface area (Å²) in [7, 11) is 1.38. The van der Waals surface area contributed by atoms with Crippen molar-refractivity contribution >= 4 is 0 Å². The van der Waals surface area contributed by atoms with Crippen LogP contribution in [0.1, 0.15) is 16.8 Å². The van der Waals surface area contributed by atoms with Crippen molar-refractivity contribution in [3.05, 3.63) is 61.7 Å². The molecule has 0 saturated carbocycles. The fourth-order valence-corrected chi connectivity index (χ4v) is 2.10. The average molecular weight is 316 g/mol. The van der Waals surface area contributed by atoms with E-state index in [0.29, 0.717) is 10.3 Å². The summed E-state index contributed by atoms with van der Waals surface area (Å²) in [5, 5.41) is 0. The van der Waals surface area contributed by atoms with E-state index in [0.717, 1.165) is 23.6 Å². The minimum atomic E-state index is -4.72. The summed E-state index contributed by atoms with van der Waals surface area (Å²) >= 11 is 0. The Kier molecular flexibility index (Phi) is 3.72. The molecule has 4 nitrogen and oxygen atoms in total. The lowest BCUT2D eigenvalue weighted by molar-refractivity contribution is -0.138. The lowest BCUT2D eigenvalue weighted by Crippen LogP contribution is -2.38. The van der Waals surface area contributed by atoms with Crippen LogP contribution >= 0.6 is 0 Å². The predicted octanol–water partition coefficient (Wildman–Crippen LogP) is 2.31. The number of rotatable bonds is 1. The molecule has 118 valence electrons. The molecule has 8 heteroatoms. The van der Waals surface area contributed by atoms with E-state index >= 15 is 0 Å². The van der Waals surface area contributed by atoms with Gasteiger partial charge >= 0.3 is 11.9 Å². The van der Waals surface area contributed by atoms with E-state index in [-0.39, 0.29) is 11.6 Å². The largest absolute Gasteiger partial charge is 0.416 e. The van der Waals surface area contributed by atoms with Crippen LogP contribution in [0.15, 0.2) is 27.8 Å². The summed E-state index contributed by atoms with van der Waals surface area (Å²) in [4.78, 5) is 24.0. The molecule has 0 fully saturated rings. The molecule has 0 aliphatic rings. The number of hydrogen-bond donors (Lipinski definition) is 0. The minimum absolute atomic E-state index is 0.279. The molecule has 1 aromatic heterocycles. The van der Waals surface area contributed by atoms with E-state index < -0.39 is 34.5 Å². The lowest BCUT2D eigenvalue weighted by Gasteiger charge is -2.14. The van der Waals surface area contributed by atoms with E-state index in [1.807, 2.05) is 0 Å². The van der Waals surface area contributed by atoms with Crippen LogP contribution in [0.2, 0.25) is 0 Å². The third kappa shape index (κ3) is 2.56. The molecule has 1 aromatic carbocycles. The molecule has 0 spiro atoms. The molecular formula is C14H12F4N2O2. The molecule has 0 saturated heterocycles. The van der Waals surface area contributed by atoms with Crippen molar-refractivity contribution < 1.29 is 17.6 Å². The van der Waals surface area contributed by atoms with Crippen LogP contribution in [0.4, 0.5) is 17.6 Å². The van der Waals surface area contributed by atoms with Gasteiger partial charge in [0.15, 0.2) is 0 Å². The molecule has 0 unspecified atom stereocenters. The lowest BCUT2D eigenvalue weighted by atomic mass is 10.1. The summed E-state index contributed by atoms with van der Waals surface area (Å²) < 4.78 is 53.9. The first kappa shape index (κ1) is 16.0. The number of alkyl halides is 3. The zero-order valence-electron chi connectivity index (χ0n) is 12.0. The molecule has 0 aliphatic heterocycles. The smallest absolute Gasteiger partial charge is 0.301 e. The van der Waals surface area contributed by atoms with Crippen LogP contribution in [-0.4, -0.2) is 9.13 Å². The first-order chi connectivity index (χ1) is 10.0. The van der Waals surface area contributed by atoms with Crippen LogP contribution in [0.3, 0.4) is 0 Å². The summed E-state index contributed by atoms with van der Waals surface area (Å²) in [5.74, 6) is -1.29. The monoisotopic (exact) mass is 316 g/mol. The molecule has 22 heavy (non-hydrogen) atoms. The van der Waals surface area contributed by atoms with E-state index in [9.17, 15) is 27.2 Å². The highest BCUT2D eigenvalue weighted by molar-refractivity contribution is 5.42. The number of benzene rings is 1. The zero-order valence-corrected chi connectivity index (χ0v) is 12.0. The third-order valence-electron chi connectivity index (χ3n) is 3.40. The summed E-state index contributed by atoms with van der Waals surface area (Å²) in [5.41, 5.74) is -3.21. The molecule has 1 heterocycles. The van der Waals surface area contributed by atoms with Gasteiger partial charge in [0.2, 0.25) is 0 Å². The van der Waals surface area contributed by atoms with Crippen LogP contribution in [0.25, 0.3) is 5.69 Å². The maximum absolute atomic E-state index is 14.0. The molecule has 2 aromatic rings. The molecule has 0 amide bonds.